The number of piperazine rings is 1. The number of aromatic nitrogens is 2. The minimum atomic E-state index is 0.985. The number of hydrogen-bond donors (Lipinski definition) is 2. The molecule has 2 N–H and O–H groups in total. The van der Waals surface area contributed by atoms with Crippen molar-refractivity contribution in [1.29, 1.82) is 0 Å². The van der Waals surface area contributed by atoms with Crippen LogP contribution in [0.2, 0.25) is 0 Å². The van der Waals surface area contributed by atoms with Crippen molar-refractivity contribution in [3.63, 3.8) is 0 Å². The zero-order valence-electron chi connectivity index (χ0n) is 13.5. The minimum absolute atomic E-state index is 0.985. The normalized spacial score (nSPS) is 15.3. The summed E-state index contributed by atoms with van der Waals surface area (Å²) in [6.07, 6.45) is 1.07. The summed E-state index contributed by atoms with van der Waals surface area (Å²) in [7, 11) is 0. The van der Waals surface area contributed by atoms with Gasteiger partial charge in [0.05, 0.1) is 11.0 Å². The number of fused-ring (bicyclic) bond motifs is 1. The van der Waals surface area contributed by atoms with E-state index < -0.39 is 0 Å². The molecule has 1 aromatic heterocycles. The van der Waals surface area contributed by atoms with Crippen LogP contribution in [-0.2, 0) is 6.42 Å². The van der Waals surface area contributed by atoms with Crippen LogP contribution in [0.5, 0.6) is 0 Å². The Hall–Kier alpha value is -2.33. The van der Waals surface area contributed by atoms with Crippen LogP contribution in [0.3, 0.4) is 0 Å². The second-order valence-electron chi connectivity index (χ2n) is 6.05. The third-order valence-electron chi connectivity index (χ3n) is 4.59. The molecule has 1 aliphatic heterocycles. The average molecular weight is 306 g/mol. The fourth-order valence-corrected chi connectivity index (χ4v) is 3.20. The smallest absolute Gasteiger partial charge is 0.203 e. The van der Waals surface area contributed by atoms with Crippen molar-refractivity contribution < 1.29 is 0 Å². The van der Waals surface area contributed by atoms with Crippen molar-refractivity contribution in [2.24, 2.45) is 0 Å². The molecule has 0 amide bonds. The molecule has 2 heterocycles. The summed E-state index contributed by atoms with van der Waals surface area (Å²) in [6, 6.07) is 15.2. The van der Waals surface area contributed by atoms with Gasteiger partial charge in [-0.25, -0.2) is 4.98 Å². The lowest BCUT2D eigenvalue weighted by molar-refractivity contribution is 0.582. The van der Waals surface area contributed by atoms with Gasteiger partial charge in [0.2, 0.25) is 5.95 Å². The number of anilines is 1. The number of aromatic amines is 1. The zero-order valence-corrected chi connectivity index (χ0v) is 13.5. The quantitative estimate of drug-likeness (QED) is 0.781. The van der Waals surface area contributed by atoms with E-state index in [1.165, 1.54) is 16.7 Å². The van der Waals surface area contributed by atoms with Crippen LogP contribution in [0, 0.1) is 0 Å². The van der Waals surface area contributed by atoms with Crippen LogP contribution in [0.15, 0.2) is 42.5 Å². The highest BCUT2D eigenvalue weighted by Crippen LogP contribution is 2.29. The maximum absolute atomic E-state index is 4.90. The van der Waals surface area contributed by atoms with Gasteiger partial charge in [-0.3, -0.25) is 0 Å². The second kappa shape index (κ2) is 6.05. The van der Waals surface area contributed by atoms with E-state index in [4.69, 9.17) is 4.98 Å². The number of rotatable bonds is 3. The maximum atomic E-state index is 4.90. The van der Waals surface area contributed by atoms with Gasteiger partial charge in [0.15, 0.2) is 0 Å². The molecule has 1 aliphatic rings. The van der Waals surface area contributed by atoms with E-state index in [2.05, 4.69) is 64.6 Å². The van der Waals surface area contributed by atoms with Gasteiger partial charge in [-0.2, -0.15) is 0 Å². The Labute approximate surface area is 136 Å². The Morgan fingerprint density at radius 1 is 1.04 bits per heavy atom. The molecule has 1 fully saturated rings. The van der Waals surface area contributed by atoms with Crippen molar-refractivity contribution in [3.8, 4) is 11.1 Å². The summed E-state index contributed by atoms with van der Waals surface area (Å²) in [4.78, 5) is 10.7. The fourth-order valence-electron chi connectivity index (χ4n) is 3.20. The van der Waals surface area contributed by atoms with Crippen LogP contribution in [0.1, 0.15) is 12.5 Å². The predicted octanol–water partition coefficient (Wildman–Crippen LogP) is 3.20. The largest absolute Gasteiger partial charge is 0.340 e. The van der Waals surface area contributed by atoms with E-state index in [9.17, 15) is 0 Å². The molecule has 3 aromatic rings. The first kappa shape index (κ1) is 14.3. The van der Waals surface area contributed by atoms with Crippen LogP contribution in [-0.4, -0.2) is 36.1 Å². The molecule has 23 heavy (non-hydrogen) atoms. The van der Waals surface area contributed by atoms with Crippen molar-refractivity contribution >= 4 is 17.0 Å². The third kappa shape index (κ3) is 2.70. The molecule has 4 heteroatoms. The molecular formula is C19H22N4. The number of hydrogen-bond acceptors (Lipinski definition) is 3. The van der Waals surface area contributed by atoms with Crippen molar-refractivity contribution in [3.05, 3.63) is 48.0 Å². The van der Waals surface area contributed by atoms with Crippen LogP contribution >= 0.6 is 0 Å². The van der Waals surface area contributed by atoms with Crippen LogP contribution in [0.4, 0.5) is 5.95 Å². The lowest BCUT2D eigenvalue weighted by Crippen LogP contribution is -2.44. The molecule has 0 radical (unpaired) electrons. The first-order chi connectivity index (χ1) is 11.3. The summed E-state index contributed by atoms with van der Waals surface area (Å²) >= 11 is 0. The lowest BCUT2D eigenvalue weighted by atomic mass is 10.0. The number of benzene rings is 2. The van der Waals surface area contributed by atoms with Gasteiger partial charge in [0, 0.05) is 31.7 Å². The summed E-state index contributed by atoms with van der Waals surface area (Å²) in [5.41, 5.74) is 5.96. The Morgan fingerprint density at radius 3 is 2.57 bits per heavy atom. The molecule has 1 saturated heterocycles. The summed E-state index contributed by atoms with van der Waals surface area (Å²) in [5, 5.41) is 3.38. The molecule has 0 aliphatic carbocycles. The highest BCUT2D eigenvalue weighted by atomic mass is 15.3. The molecule has 0 saturated carbocycles. The maximum Gasteiger partial charge on any atom is 0.203 e. The van der Waals surface area contributed by atoms with E-state index >= 15 is 0 Å². The Kier molecular flexibility index (Phi) is 3.75. The van der Waals surface area contributed by atoms with E-state index in [0.717, 1.165) is 49.6 Å². The van der Waals surface area contributed by atoms with Gasteiger partial charge in [0.25, 0.3) is 0 Å². The van der Waals surface area contributed by atoms with E-state index in [0.29, 0.717) is 0 Å². The molecule has 0 spiro atoms. The number of nitrogens with one attached hydrogen (secondary N) is 2. The van der Waals surface area contributed by atoms with Crippen molar-refractivity contribution in [2.45, 2.75) is 13.3 Å². The Morgan fingerprint density at radius 2 is 1.83 bits per heavy atom. The summed E-state index contributed by atoms with van der Waals surface area (Å²) in [6.45, 7) is 6.22. The molecule has 0 bridgehead atoms. The van der Waals surface area contributed by atoms with Crippen LogP contribution < -0.4 is 10.2 Å². The predicted molar refractivity (Wildman–Crippen MR) is 96.0 cm³/mol. The minimum Gasteiger partial charge on any atom is -0.340 e. The molecule has 4 nitrogen and oxygen atoms in total. The van der Waals surface area contributed by atoms with Crippen LogP contribution in [0.25, 0.3) is 22.2 Å². The lowest BCUT2D eigenvalue weighted by Gasteiger charge is -2.26. The third-order valence-corrected chi connectivity index (χ3v) is 4.59. The number of aryl methyl sites for hydroxylation is 1. The van der Waals surface area contributed by atoms with Gasteiger partial charge >= 0.3 is 0 Å². The molecule has 4 rings (SSSR count). The highest BCUT2D eigenvalue weighted by molar-refractivity contribution is 5.93. The molecule has 0 unspecified atom stereocenters. The van der Waals surface area contributed by atoms with Gasteiger partial charge < -0.3 is 15.2 Å². The standard InChI is InChI=1S/C19H22N4/c1-2-14-6-8-15(9-7-14)16-4-3-5-17-18(16)22-19(21-17)23-12-10-20-11-13-23/h3-9,20H,2,10-13H2,1H3,(H,21,22). The van der Waals surface area contributed by atoms with E-state index in [1.54, 1.807) is 0 Å². The van der Waals surface area contributed by atoms with Gasteiger partial charge in [-0.1, -0.05) is 43.3 Å². The fraction of sp³-hybridized carbons (Fsp3) is 0.316. The van der Waals surface area contributed by atoms with Crippen molar-refractivity contribution in [1.82, 2.24) is 15.3 Å². The molecule has 118 valence electrons. The topological polar surface area (TPSA) is 44.0 Å². The number of H-pyrrole nitrogens is 1. The SMILES string of the molecule is CCc1ccc(-c2cccc3[nH]c(N4CCNCC4)nc23)cc1. The first-order valence-electron chi connectivity index (χ1n) is 8.39. The van der Waals surface area contributed by atoms with E-state index in [-0.39, 0.29) is 0 Å². The average Bonchev–Trinajstić information content (AvgIpc) is 3.07. The zero-order chi connectivity index (χ0) is 15.6. The molecule has 0 atom stereocenters. The van der Waals surface area contributed by atoms with Gasteiger partial charge in [-0.15, -0.1) is 0 Å². The number of imidazole rings is 1. The van der Waals surface area contributed by atoms with E-state index in [1.807, 2.05) is 0 Å². The summed E-state index contributed by atoms with van der Waals surface area (Å²) < 4.78 is 0. The highest BCUT2D eigenvalue weighted by Gasteiger charge is 2.15. The molecular weight excluding hydrogens is 284 g/mol. The van der Waals surface area contributed by atoms with Gasteiger partial charge in [-0.05, 0) is 23.6 Å². The number of nitrogens with zero attached hydrogens (tertiary/aromatic N) is 2. The Bertz CT molecular complexity index is 798. The summed E-state index contributed by atoms with van der Waals surface area (Å²) in [5.74, 6) is 0.985. The van der Waals surface area contributed by atoms with Gasteiger partial charge in [0.1, 0.15) is 0 Å². The molecule has 2 aromatic carbocycles. The Balaban J connectivity index is 1.75. The second-order valence-corrected chi connectivity index (χ2v) is 6.05. The first-order valence-corrected chi connectivity index (χ1v) is 8.39. The monoisotopic (exact) mass is 306 g/mol. The van der Waals surface area contributed by atoms with Crippen molar-refractivity contribution in [2.75, 3.05) is 31.1 Å². The number of para-hydroxylation sites is 1.